The van der Waals surface area contributed by atoms with Gasteiger partial charge in [-0.05, 0) is 38.8 Å². The molecule has 0 bridgehead atoms. The predicted molar refractivity (Wildman–Crippen MR) is 72.6 cm³/mol. The summed E-state index contributed by atoms with van der Waals surface area (Å²) in [6.07, 6.45) is 4.19. The van der Waals surface area contributed by atoms with E-state index in [1.807, 2.05) is 12.1 Å². The maximum Gasteiger partial charge on any atom is 0.129 e. The number of halogens is 1. The van der Waals surface area contributed by atoms with Gasteiger partial charge in [0.05, 0.1) is 11.9 Å². The highest BCUT2D eigenvalue weighted by Gasteiger charge is 2.20. The number of likely N-dealkylation sites (tertiary alicyclic amines) is 1. The number of nitrogens with zero attached hydrogens (tertiary/aromatic N) is 2. The highest BCUT2D eigenvalue weighted by Crippen LogP contribution is 2.18. The molecule has 0 aliphatic carbocycles. The Morgan fingerprint density at radius 1 is 1.35 bits per heavy atom. The molecular formula is C13H20ClN3. The van der Waals surface area contributed by atoms with Crippen molar-refractivity contribution in [1.29, 1.82) is 0 Å². The molecule has 0 spiro atoms. The van der Waals surface area contributed by atoms with Crippen molar-refractivity contribution in [2.75, 3.05) is 18.4 Å². The Morgan fingerprint density at radius 2 is 2.06 bits per heavy atom. The van der Waals surface area contributed by atoms with Gasteiger partial charge in [-0.2, -0.15) is 0 Å². The number of piperidine rings is 1. The summed E-state index contributed by atoms with van der Waals surface area (Å²) in [4.78, 5) is 6.61. The van der Waals surface area contributed by atoms with Crippen LogP contribution in [0.5, 0.6) is 0 Å². The van der Waals surface area contributed by atoms with Gasteiger partial charge in [0.15, 0.2) is 0 Å². The van der Waals surface area contributed by atoms with Gasteiger partial charge in [0.25, 0.3) is 0 Å². The molecule has 1 aliphatic rings. The summed E-state index contributed by atoms with van der Waals surface area (Å²) < 4.78 is 0. The third-order valence-electron chi connectivity index (χ3n) is 3.36. The molecular weight excluding hydrogens is 234 g/mol. The summed E-state index contributed by atoms with van der Waals surface area (Å²) in [5, 5.41) is 4.07. The molecule has 0 radical (unpaired) electrons. The van der Waals surface area contributed by atoms with Crippen LogP contribution in [0, 0.1) is 0 Å². The second kappa shape index (κ2) is 5.69. The molecule has 1 N–H and O–H groups in total. The smallest absolute Gasteiger partial charge is 0.129 e. The Balaban J connectivity index is 1.84. The van der Waals surface area contributed by atoms with Crippen molar-refractivity contribution < 1.29 is 0 Å². The van der Waals surface area contributed by atoms with Crippen molar-refractivity contribution in [3.05, 3.63) is 23.5 Å². The molecule has 0 atom stereocenters. The van der Waals surface area contributed by atoms with Gasteiger partial charge in [0.2, 0.25) is 0 Å². The van der Waals surface area contributed by atoms with E-state index in [9.17, 15) is 0 Å². The lowest BCUT2D eigenvalue weighted by Gasteiger charge is -2.35. The van der Waals surface area contributed by atoms with E-state index in [-0.39, 0.29) is 0 Å². The molecule has 1 aromatic rings. The Hall–Kier alpha value is -0.800. The van der Waals surface area contributed by atoms with E-state index in [2.05, 4.69) is 29.0 Å². The number of rotatable bonds is 3. The van der Waals surface area contributed by atoms with Crippen LogP contribution in [-0.4, -0.2) is 35.1 Å². The van der Waals surface area contributed by atoms with E-state index >= 15 is 0 Å². The number of aromatic nitrogens is 1. The van der Waals surface area contributed by atoms with Crippen LogP contribution in [0.4, 0.5) is 5.69 Å². The van der Waals surface area contributed by atoms with Crippen LogP contribution in [0.15, 0.2) is 18.3 Å². The topological polar surface area (TPSA) is 28.2 Å². The van der Waals surface area contributed by atoms with Crippen molar-refractivity contribution in [3.63, 3.8) is 0 Å². The molecule has 1 aromatic heterocycles. The minimum atomic E-state index is 0.546. The molecule has 94 valence electrons. The Bertz CT molecular complexity index is 342. The van der Waals surface area contributed by atoms with Gasteiger partial charge in [-0.3, -0.25) is 0 Å². The van der Waals surface area contributed by atoms with Crippen molar-refractivity contribution in [3.8, 4) is 0 Å². The highest BCUT2D eigenvalue weighted by atomic mass is 35.5. The molecule has 4 heteroatoms. The lowest BCUT2D eigenvalue weighted by atomic mass is 10.0. The van der Waals surface area contributed by atoms with E-state index in [4.69, 9.17) is 11.6 Å². The summed E-state index contributed by atoms with van der Waals surface area (Å²) in [6, 6.07) is 5.04. The number of nitrogens with one attached hydrogen (secondary N) is 1. The van der Waals surface area contributed by atoms with E-state index in [0.717, 1.165) is 5.69 Å². The fourth-order valence-corrected chi connectivity index (χ4v) is 2.37. The Morgan fingerprint density at radius 3 is 2.59 bits per heavy atom. The molecule has 1 saturated heterocycles. The van der Waals surface area contributed by atoms with Crippen molar-refractivity contribution >= 4 is 17.3 Å². The van der Waals surface area contributed by atoms with E-state index in [1.54, 1.807) is 6.20 Å². The average molecular weight is 254 g/mol. The largest absolute Gasteiger partial charge is 0.381 e. The molecule has 2 heterocycles. The van der Waals surface area contributed by atoms with Crippen LogP contribution in [0.3, 0.4) is 0 Å². The number of anilines is 1. The molecule has 0 saturated carbocycles. The van der Waals surface area contributed by atoms with Gasteiger partial charge in [-0.15, -0.1) is 0 Å². The van der Waals surface area contributed by atoms with Gasteiger partial charge in [0.1, 0.15) is 5.15 Å². The zero-order valence-corrected chi connectivity index (χ0v) is 11.2. The summed E-state index contributed by atoms with van der Waals surface area (Å²) in [5.41, 5.74) is 1.07. The van der Waals surface area contributed by atoms with Gasteiger partial charge in [-0.1, -0.05) is 11.6 Å². The quantitative estimate of drug-likeness (QED) is 0.840. The maximum atomic E-state index is 5.76. The third kappa shape index (κ3) is 3.58. The molecule has 0 amide bonds. The molecule has 2 rings (SSSR count). The van der Waals surface area contributed by atoms with E-state index in [0.29, 0.717) is 17.2 Å². The second-order valence-electron chi connectivity index (χ2n) is 4.92. The van der Waals surface area contributed by atoms with Crippen LogP contribution < -0.4 is 5.32 Å². The van der Waals surface area contributed by atoms with Gasteiger partial charge < -0.3 is 10.2 Å². The maximum absolute atomic E-state index is 5.76. The summed E-state index contributed by atoms with van der Waals surface area (Å²) in [5.74, 6) is 0. The first kappa shape index (κ1) is 12.7. The predicted octanol–water partition coefficient (Wildman–Crippen LogP) is 3.02. The van der Waals surface area contributed by atoms with Crippen LogP contribution >= 0.6 is 11.6 Å². The van der Waals surface area contributed by atoms with Crippen molar-refractivity contribution in [2.24, 2.45) is 0 Å². The normalized spacial score (nSPS) is 18.6. The number of hydrogen-bond acceptors (Lipinski definition) is 3. The molecule has 1 fully saturated rings. The van der Waals surface area contributed by atoms with Crippen molar-refractivity contribution in [1.82, 2.24) is 9.88 Å². The Kier molecular flexibility index (Phi) is 4.24. The van der Waals surface area contributed by atoms with Gasteiger partial charge in [0, 0.05) is 25.2 Å². The first-order valence-corrected chi connectivity index (χ1v) is 6.65. The van der Waals surface area contributed by atoms with E-state index < -0.39 is 0 Å². The summed E-state index contributed by atoms with van der Waals surface area (Å²) >= 11 is 5.76. The van der Waals surface area contributed by atoms with E-state index in [1.165, 1.54) is 25.9 Å². The first-order valence-electron chi connectivity index (χ1n) is 6.27. The van der Waals surface area contributed by atoms with Gasteiger partial charge >= 0.3 is 0 Å². The highest BCUT2D eigenvalue weighted by molar-refractivity contribution is 6.29. The number of pyridine rings is 1. The molecule has 0 aromatic carbocycles. The SMILES string of the molecule is CC(C)N1CCC(Nc2ccc(Cl)nc2)CC1. The fourth-order valence-electron chi connectivity index (χ4n) is 2.26. The monoisotopic (exact) mass is 253 g/mol. The molecule has 3 nitrogen and oxygen atoms in total. The lowest BCUT2D eigenvalue weighted by molar-refractivity contribution is 0.177. The first-order chi connectivity index (χ1) is 8.15. The minimum absolute atomic E-state index is 0.546. The van der Waals surface area contributed by atoms with Crippen LogP contribution in [0.2, 0.25) is 5.15 Å². The standard InChI is InChI=1S/C13H20ClN3/c1-10(2)17-7-5-11(6-8-17)16-12-3-4-13(14)15-9-12/h3-4,9-11,16H,5-8H2,1-2H3. The molecule has 1 aliphatic heterocycles. The minimum Gasteiger partial charge on any atom is -0.381 e. The molecule has 0 unspecified atom stereocenters. The molecule has 17 heavy (non-hydrogen) atoms. The van der Waals surface area contributed by atoms with Crippen molar-refractivity contribution in [2.45, 2.75) is 38.8 Å². The van der Waals surface area contributed by atoms with Crippen LogP contribution in [0.25, 0.3) is 0 Å². The average Bonchev–Trinajstić information content (AvgIpc) is 2.33. The summed E-state index contributed by atoms with van der Waals surface area (Å²) in [6.45, 7) is 6.88. The second-order valence-corrected chi connectivity index (χ2v) is 5.31. The van der Waals surface area contributed by atoms with Crippen LogP contribution in [-0.2, 0) is 0 Å². The summed E-state index contributed by atoms with van der Waals surface area (Å²) in [7, 11) is 0. The Labute approximate surface area is 108 Å². The van der Waals surface area contributed by atoms with Crippen LogP contribution in [0.1, 0.15) is 26.7 Å². The zero-order chi connectivity index (χ0) is 12.3. The zero-order valence-electron chi connectivity index (χ0n) is 10.5. The fraction of sp³-hybridized carbons (Fsp3) is 0.615. The number of hydrogen-bond donors (Lipinski definition) is 1. The lowest BCUT2D eigenvalue weighted by Crippen LogP contribution is -2.42. The third-order valence-corrected chi connectivity index (χ3v) is 3.58. The van der Waals surface area contributed by atoms with Gasteiger partial charge in [-0.25, -0.2) is 4.98 Å².